The molecule has 0 aliphatic heterocycles. The summed E-state index contributed by atoms with van der Waals surface area (Å²) in [6.07, 6.45) is 1.02. The van der Waals surface area contributed by atoms with E-state index in [2.05, 4.69) is 16.3 Å². The molecule has 1 heterocycles. The van der Waals surface area contributed by atoms with Crippen LogP contribution in [0.15, 0.2) is 34.6 Å². The van der Waals surface area contributed by atoms with Gasteiger partial charge in [0.05, 0.1) is 17.7 Å². The van der Waals surface area contributed by atoms with Crippen molar-refractivity contribution in [2.75, 3.05) is 0 Å². The fourth-order valence-corrected chi connectivity index (χ4v) is 2.52. The van der Waals surface area contributed by atoms with Gasteiger partial charge < -0.3 is 9.67 Å². The maximum atomic E-state index is 9.73. The molecule has 18 heavy (non-hydrogen) atoms. The van der Waals surface area contributed by atoms with Crippen molar-refractivity contribution in [1.82, 2.24) is 14.8 Å². The third-order valence-electron chi connectivity index (χ3n) is 2.46. The quantitative estimate of drug-likeness (QED) is 0.912. The molecule has 1 unspecified atom stereocenters. The van der Waals surface area contributed by atoms with Crippen LogP contribution in [0.3, 0.4) is 0 Å². The first kappa shape index (κ1) is 12.6. The fourth-order valence-electron chi connectivity index (χ4n) is 1.50. The highest BCUT2D eigenvalue weighted by molar-refractivity contribution is 7.99. The number of hydrogen-bond donors (Lipinski definition) is 1. The minimum atomic E-state index is -0.589. The number of benzene rings is 1. The van der Waals surface area contributed by atoms with E-state index >= 15 is 0 Å². The highest BCUT2D eigenvalue weighted by Gasteiger charge is 2.12. The van der Waals surface area contributed by atoms with Gasteiger partial charge in [0.2, 0.25) is 0 Å². The van der Waals surface area contributed by atoms with Crippen LogP contribution in [0.4, 0.5) is 0 Å². The average molecular weight is 260 g/mol. The summed E-state index contributed by atoms with van der Waals surface area (Å²) in [6.45, 7) is 1.70. The van der Waals surface area contributed by atoms with Gasteiger partial charge >= 0.3 is 0 Å². The van der Waals surface area contributed by atoms with E-state index < -0.39 is 6.10 Å². The smallest absolute Gasteiger partial charge is 0.195 e. The summed E-state index contributed by atoms with van der Waals surface area (Å²) in [5.41, 5.74) is 1.34. The third-order valence-corrected chi connectivity index (χ3v) is 3.59. The first-order valence-corrected chi connectivity index (χ1v) is 6.17. The Morgan fingerprint density at radius 1 is 1.50 bits per heavy atom. The lowest BCUT2D eigenvalue weighted by atomic mass is 10.1. The van der Waals surface area contributed by atoms with Crippen LogP contribution in [0.1, 0.15) is 24.2 Å². The average Bonchev–Trinajstić information content (AvgIpc) is 2.74. The van der Waals surface area contributed by atoms with Crippen LogP contribution in [-0.2, 0) is 7.05 Å². The van der Waals surface area contributed by atoms with E-state index in [1.807, 2.05) is 7.05 Å². The number of nitrogens with zero attached hydrogens (tertiary/aromatic N) is 4. The van der Waals surface area contributed by atoms with E-state index in [1.54, 1.807) is 36.0 Å². The SMILES string of the molecule is CC(O)c1ccc(C#N)cc1Sc1nncn1C. The van der Waals surface area contributed by atoms with Crippen molar-refractivity contribution in [1.29, 1.82) is 5.26 Å². The van der Waals surface area contributed by atoms with E-state index in [-0.39, 0.29) is 0 Å². The molecule has 5 nitrogen and oxygen atoms in total. The molecule has 1 aromatic heterocycles. The van der Waals surface area contributed by atoms with Crippen molar-refractivity contribution in [3.8, 4) is 6.07 Å². The molecule has 0 radical (unpaired) electrons. The molecule has 1 N–H and O–H groups in total. The second-order valence-corrected chi connectivity index (χ2v) is 4.88. The van der Waals surface area contributed by atoms with Crippen molar-refractivity contribution >= 4 is 11.8 Å². The van der Waals surface area contributed by atoms with Crippen molar-refractivity contribution in [2.24, 2.45) is 7.05 Å². The molecular formula is C12H12N4OS. The number of rotatable bonds is 3. The second-order valence-electron chi connectivity index (χ2n) is 3.87. The van der Waals surface area contributed by atoms with Crippen LogP contribution in [0.25, 0.3) is 0 Å². The predicted molar refractivity (Wildman–Crippen MR) is 66.9 cm³/mol. The molecule has 1 aromatic carbocycles. The van der Waals surface area contributed by atoms with Crippen molar-refractivity contribution in [2.45, 2.75) is 23.1 Å². The number of aryl methyl sites for hydroxylation is 1. The largest absolute Gasteiger partial charge is 0.389 e. The molecule has 0 amide bonds. The van der Waals surface area contributed by atoms with Gasteiger partial charge in [-0.25, -0.2) is 0 Å². The monoisotopic (exact) mass is 260 g/mol. The molecule has 0 saturated heterocycles. The lowest BCUT2D eigenvalue weighted by molar-refractivity contribution is 0.196. The zero-order valence-corrected chi connectivity index (χ0v) is 10.8. The Hall–Kier alpha value is -1.84. The molecule has 2 aromatic rings. The molecule has 0 saturated carbocycles. The summed E-state index contributed by atoms with van der Waals surface area (Å²) in [5, 5.41) is 27.1. The highest BCUT2D eigenvalue weighted by atomic mass is 32.2. The van der Waals surface area contributed by atoms with Crippen LogP contribution in [0, 0.1) is 11.3 Å². The van der Waals surface area contributed by atoms with Crippen LogP contribution < -0.4 is 0 Å². The Morgan fingerprint density at radius 3 is 2.83 bits per heavy atom. The van der Waals surface area contributed by atoms with Crippen molar-refractivity contribution in [3.63, 3.8) is 0 Å². The third kappa shape index (κ3) is 2.53. The Morgan fingerprint density at radius 2 is 2.28 bits per heavy atom. The molecular weight excluding hydrogens is 248 g/mol. The summed E-state index contributed by atoms with van der Waals surface area (Å²) >= 11 is 1.38. The second kappa shape index (κ2) is 5.21. The van der Waals surface area contributed by atoms with Crippen LogP contribution in [0.5, 0.6) is 0 Å². The lowest BCUT2D eigenvalue weighted by Crippen LogP contribution is -1.96. The van der Waals surface area contributed by atoms with E-state index in [9.17, 15) is 5.11 Å². The van der Waals surface area contributed by atoms with Crippen LogP contribution in [0.2, 0.25) is 0 Å². The summed E-state index contributed by atoms with van der Waals surface area (Å²) in [4.78, 5) is 0.820. The minimum absolute atomic E-state index is 0.559. The number of aliphatic hydroxyl groups excluding tert-OH is 1. The van der Waals surface area contributed by atoms with Gasteiger partial charge in [-0.05, 0) is 36.4 Å². The maximum absolute atomic E-state index is 9.73. The first-order valence-electron chi connectivity index (χ1n) is 5.35. The van der Waals surface area contributed by atoms with E-state index in [1.165, 1.54) is 11.8 Å². The summed E-state index contributed by atoms with van der Waals surface area (Å²) in [7, 11) is 1.85. The van der Waals surface area contributed by atoms with E-state index in [0.717, 1.165) is 10.5 Å². The first-order chi connectivity index (χ1) is 8.61. The Balaban J connectivity index is 2.42. The van der Waals surface area contributed by atoms with E-state index in [4.69, 9.17) is 5.26 Å². The Bertz CT molecular complexity index is 600. The predicted octanol–water partition coefficient (Wildman–Crippen LogP) is 1.89. The van der Waals surface area contributed by atoms with Gasteiger partial charge in [-0.15, -0.1) is 10.2 Å². The molecule has 6 heteroatoms. The van der Waals surface area contributed by atoms with Gasteiger partial charge in [-0.1, -0.05) is 6.07 Å². The summed E-state index contributed by atoms with van der Waals surface area (Å²) in [6, 6.07) is 7.30. The van der Waals surface area contributed by atoms with Gasteiger partial charge in [-0.3, -0.25) is 0 Å². The minimum Gasteiger partial charge on any atom is -0.389 e. The topological polar surface area (TPSA) is 74.7 Å². The number of nitriles is 1. The molecule has 0 spiro atoms. The molecule has 1 atom stereocenters. The fraction of sp³-hybridized carbons (Fsp3) is 0.250. The Kier molecular flexibility index (Phi) is 3.65. The van der Waals surface area contributed by atoms with Crippen LogP contribution in [-0.4, -0.2) is 19.9 Å². The maximum Gasteiger partial charge on any atom is 0.195 e. The van der Waals surface area contributed by atoms with Crippen molar-refractivity contribution in [3.05, 3.63) is 35.7 Å². The summed E-state index contributed by atoms with van der Waals surface area (Å²) < 4.78 is 1.79. The lowest BCUT2D eigenvalue weighted by Gasteiger charge is -2.11. The zero-order chi connectivity index (χ0) is 13.1. The number of aromatic nitrogens is 3. The van der Waals surface area contributed by atoms with Gasteiger partial charge in [-0.2, -0.15) is 5.26 Å². The van der Waals surface area contributed by atoms with Crippen LogP contribution >= 0.6 is 11.8 Å². The van der Waals surface area contributed by atoms with Gasteiger partial charge in [0, 0.05) is 11.9 Å². The van der Waals surface area contributed by atoms with Gasteiger partial charge in [0.25, 0.3) is 0 Å². The zero-order valence-electron chi connectivity index (χ0n) is 10.0. The van der Waals surface area contributed by atoms with Gasteiger partial charge in [0.1, 0.15) is 6.33 Å². The number of aliphatic hydroxyl groups is 1. The van der Waals surface area contributed by atoms with Gasteiger partial charge in [0.15, 0.2) is 5.16 Å². The van der Waals surface area contributed by atoms with E-state index in [0.29, 0.717) is 10.7 Å². The number of hydrogen-bond acceptors (Lipinski definition) is 5. The molecule has 92 valence electrons. The summed E-state index contributed by atoms with van der Waals surface area (Å²) in [5.74, 6) is 0. The molecule has 0 fully saturated rings. The van der Waals surface area contributed by atoms with Crippen molar-refractivity contribution < 1.29 is 5.11 Å². The normalized spacial score (nSPS) is 12.1. The molecule has 0 aliphatic carbocycles. The highest BCUT2D eigenvalue weighted by Crippen LogP contribution is 2.32. The molecule has 0 aliphatic rings. The molecule has 0 bridgehead atoms. The standard InChI is InChI=1S/C12H12N4OS/c1-8(17)10-4-3-9(6-13)5-11(10)18-12-15-14-7-16(12)2/h3-5,7-8,17H,1-2H3. The molecule has 2 rings (SSSR count). The Labute approximate surface area is 109 Å².